The van der Waals surface area contributed by atoms with Crippen LogP contribution in [0.2, 0.25) is 0 Å². The minimum atomic E-state index is 0.716. The zero-order valence-corrected chi connectivity index (χ0v) is 13.5. The second-order valence-corrected chi connectivity index (χ2v) is 5.36. The van der Waals surface area contributed by atoms with Crippen LogP contribution in [0.1, 0.15) is 17.8 Å². The fourth-order valence-electron chi connectivity index (χ4n) is 2.76. The molecular formula is C18H21N3O2. The largest absolute Gasteiger partial charge is 0.496 e. The third-order valence-electron chi connectivity index (χ3n) is 3.85. The maximum atomic E-state index is 5.46. The summed E-state index contributed by atoms with van der Waals surface area (Å²) in [7, 11) is 3.42. The Labute approximate surface area is 135 Å². The number of nitrogens with zero attached hydrogens (tertiary/aromatic N) is 3. The maximum Gasteiger partial charge on any atom is 0.159 e. The van der Waals surface area contributed by atoms with Crippen molar-refractivity contribution in [1.29, 1.82) is 0 Å². The van der Waals surface area contributed by atoms with E-state index < -0.39 is 0 Å². The van der Waals surface area contributed by atoms with Crippen molar-refractivity contribution in [3.8, 4) is 5.75 Å². The molecule has 2 aromatic heterocycles. The summed E-state index contributed by atoms with van der Waals surface area (Å²) in [6.45, 7) is 1.56. The number of aryl methyl sites for hydroxylation is 1. The van der Waals surface area contributed by atoms with E-state index in [4.69, 9.17) is 14.5 Å². The van der Waals surface area contributed by atoms with E-state index in [1.165, 1.54) is 0 Å². The number of aromatic nitrogens is 3. The average Bonchev–Trinajstić information content (AvgIpc) is 2.93. The predicted octanol–water partition coefficient (Wildman–Crippen LogP) is 3.07. The number of hydrogen-bond donors (Lipinski definition) is 0. The number of methoxy groups -OCH3 is 2. The molecule has 3 aromatic rings. The molecule has 23 heavy (non-hydrogen) atoms. The number of hydrogen-bond acceptors (Lipinski definition) is 4. The molecule has 0 radical (unpaired) electrons. The summed E-state index contributed by atoms with van der Waals surface area (Å²) < 4.78 is 12.8. The lowest BCUT2D eigenvalue weighted by Crippen LogP contribution is -2.08. The van der Waals surface area contributed by atoms with Gasteiger partial charge in [-0.1, -0.05) is 18.2 Å². The highest BCUT2D eigenvalue weighted by atomic mass is 16.5. The van der Waals surface area contributed by atoms with Gasteiger partial charge in [-0.2, -0.15) is 0 Å². The molecule has 3 rings (SSSR count). The minimum Gasteiger partial charge on any atom is -0.496 e. The van der Waals surface area contributed by atoms with Crippen molar-refractivity contribution < 1.29 is 9.47 Å². The van der Waals surface area contributed by atoms with Crippen molar-refractivity contribution >= 4 is 11.2 Å². The topological polar surface area (TPSA) is 49.2 Å². The van der Waals surface area contributed by atoms with E-state index in [1.54, 1.807) is 14.2 Å². The van der Waals surface area contributed by atoms with Gasteiger partial charge in [0.15, 0.2) is 5.65 Å². The molecule has 0 spiro atoms. The Morgan fingerprint density at radius 2 is 1.96 bits per heavy atom. The van der Waals surface area contributed by atoms with Crippen molar-refractivity contribution in [3.05, 3.63) is 54.0 Å². The van der Waals surface area contributed by atoms with Gasteiger partial charge in [0.1, 0.15) is 17.1 Å². The fraction of sp³-hybridized carbons (Fsp3) is 0.333. The number of pyridine rings is 1. The van der Waals surface area contributed by atoms with Crippen molar-refractivity contribution in [2.75, 3.05) is 20.8 Å². The molecule has 120 valence electrons. The molecular weight excluding hydrogens is 290 g/mol. The number of benzene rings is 1. The molecule has 0 unspecified atom stereocenters. The van der Waals surface area contributed by atoms with Gasteiger partial charge in [-0.3, -0.25) is 0 Å². The molecule has 0 amide bonds. The fourth-order valence-corrected chi connectivity index (χ4v) is 2.76. The number of imidazole rings is 1. The van der Waals surface area contributed by atoms with Gasteiger partial charge < -0.3 is 14.0 Å². The van der Waals surface area contributed by atoms with Gasteiger partial charge in [-0.15, -0.1) is 0 Å². The quantitative estimate of drug-likeness (QED) is 0.629. The molecule has 0 N–H and O–H groups in total. The van der Waals surface area contributed by atoms with Gasteiger partial charge >= 0.3 is 0 Å². The number of para-hydroxylation sites is 1. The third-order valence-corrected chi connectivity index (χ3v) is 3.85. The number of fused-ring (bicyclic) bond motifs is 1. The van der Waals surface area contributed by atoms with E-state index in [9.17, 15) is 0 Å². The van der Waals surface area contributed by atoms with Crippen LogP contribution in [0.5, 0.6) is 5.75 Å². The molecule has 2 heterocycles. The van der Waals surface area contributed by atoms with E-state index in [2.05, 4.69) is 15.6 Å². The predicted molar refractivity (Wildman–Crippen MR) is 89.8 cm³/mol. The first kappa shape index (κ1) is 15.5. The van der Waals surface area contributed by atoms with Crippen molar-refractivity contribution in [1.82, 2.24) is 14.5 Å². The van der Waals surface area contributed by atoms with E-state index in [1.807, 2.05) is 36.5 Å². The lowest BCUT2D eigenvalue weighted by Gasteiger charge is -2.10. The van der Waals surface area contributed by atoms with Gasteiger partial charge in [-0.25, -0.2) is 9.97 Å². The van der Waals surface area contributed by atoms with Crippen LogP contribution in [0.4, 0.5) is 0 Å². The SMILES string of the molecule is COCCCn1c(Cc2ccccc2OC)nc2cccnc21. The smallest absolute Gasteiger partial charge is 0.159 e. The first-order chi connectivity index (χ1) is 11.3. The summed E-state index contributed by atoms with van der Waals surface area (Å²) in [5.74, 6) is 1.88. The average molecular weight is 311 g/mol. The Morgan fingerprint density at radius 1 is 1.09 bits per heavy atom. The molecule has 0 saturated carbocycles. The molecule has 0 bridgehead atoms. The van der Waals surface area contributed by atoms with E-state index in [0.717, 1.165) is 47.9 Å². The summed E-state index contributed by atoms with van der Waals surface area (Å²) >= 11 is 0. The lowest BCUT2D eigenvalue weighted by molar-refractivity contribution is 0.190. The normalized spacial score (nSPS) is 11.0. The highest BCUT2D eigenvalue weighted by Crippen LogP contribution is 2.23. The second-order valence-electron chi connectivity index (χ2n) is 5.36. The first-order valence-electron chi connectivity index (χ1n) is 7.74. The van der Waals surface area contributed by atoms with Crippen LogP contribution >= 0.6 is 0 Å². The zero-order chi connectivity index (χ0) is 16.1. The standard InChI is InChI=1S/C18H21N3O2/c1-22-12-6-11-21-17(20-15-8-5-10-19-18(15)21)13-14-7-3-4-9-16(14)23-2/h3-5,7-10H,6,11-13H2,1-2H3. The van der Waals surface area contributed by atoms with E-state index in [-0.39, 0.29) is 0 Å². The highest BCUT2D eigenvalue weighted by Gasteiger charge is 2.13. The first-order valence-corrected chi connectivity index (χ1v) is 7.74. The molecule has 5 heteroatoms. The number of ether oxygens (including phenoxy) is 2. The van der Waals surface area contributed by atoms with Crippen LogP contribution in [-0.2, 0) is 17.7 Å². The molecule has 0 atom stereocenters. The van der Waals surface area contributed by atoms with Crippen LogP contribution < -0.4 is 4.74 Å². The summed E-state index contributed by atoms with van der Waals surface area (Å²) in [5.41, 5.74) is 2.97. The molecule has 5 nitrogen and oxygen atoms in total. The van der Waals surface area contributed by atoms with Crippen molar-refractivity contribution in [3.63, 3.8) is 0 Å². The number of rotatable bonds is 7. The Morgan fingerprint density at radius 3 is 2.78 bits per heavy atom. The van der Waals surface area contributed by atoms with Crippen molar-refractivity contribution in [2.45, 2.75) is 19.4 Å². The Balaban J connectivity index is 1.97. The van der Waals surface area contributed by atoms with Crippen LogP contribution in [0.3, 0.4) is 0 Å². The van der Waals surface area contributed by atoms with Gasteiger partial charge in [0.05, 0.1) is 7.11 Å². The van der Waals surface area contributed by atoms with Crippen LogP contribution in [-0.4, -0.2) is 35.4 Å². The van der Waals surface area contributed by atoms with Crippen molar-refractivity contribution in [2.24, 2.45) is 0 Å². The summed E-state index contributed by atoms with van der Waals surface area (Å²) in [6, 6.07) is 12.0. The van der Waals surface area contributed by atoms with Crippen LogP contribution in [0.25, 0.3) is 11.2 Å². The van der Waals surface area contributed by atoms with Gasteiger partial charge in [0.2, 0.25) is 0 Å². The summed E-state index contributed by atoms with van der Waals surface area (Å²) in [6.07, 6.45) is 3.45. The Hall–Kier alpha value is -2.40. The van der Waals surface area contributed by atoms with E-state index >= 15 is 0 Å². The summed E-state index contributed by atoms with van der Waals surface area (Å²) in [4.78, 5) is 9.26. The highest BCUT2D eigenvalue weighted by molar-refractivity contribution is 5.71. The van der Waals surface area contributed by atoms with Crippen LogP contribution in [0, 0.1) is 0 Å². The minimum absolute atomic E-state index is 0.716. The Kier molecular flexibility index (Phi) is 4.88. The Bertz CT molecular complexity index is 783. The second kappa shape index (κ2) is 7.24. The zero-order valence-electron chi connectivity index (χ0n) is 13.5. The monoisotopic (exact) mass is 311 g/mol. The molecule has 0 aliphatic carbocycles. The third kappa shape index (κ3) is 3.35. The van der Waals surface area contributed by atoms with Gasteiger partial charge in [0, 0.05) is 38.4 Å². The molecule has 0 fully saturated rings. The maximum absolute atomic E-state index is 5.46. The van der Waals surface area contributed by atoms with E-state index in [0.29, 0.717) is 6.42 Å². The molecule has 0 aliphatic rings. The van der Waals surface area contributed by atoms with Gasteiger partial charge in [-0.05, 0) is 24.6 Å². The van der Waals surface area contributed by atoms with Crippen LogP contribution in [0.15, 0.2) is 42.6 Å². The van der Waals surface area contributed by atoms with Gasteiger partial charge in [0.25, 0.3) is 0 Å². The summed E-state index contributed by atoms with van der Waals surface area (Å²) in [5, 5.41) is 0. The molecule has 0 saturated heterocycles. The molecule has 1 aromatic carbocycles. The molecule has 0 aliphatic heterocycles. The lowest BCUT2D eigenvalue weighted by atomic mass is 10.1.